The largest absolute Gasteiger partial charge is 0.495 e. The zero-order valence-corrected chi connectivity index (χ0v) is 23.2. The van der Waals surface area contributed by atoms with Crippen molar-refractivity contribution in [3.05, 3.63) is 132 Å². The number of carboxylic acid groups (broad SMARTS) is 1. The Kier molecular flexibility index (Phi) is 10.1. The van der Waals surface area contributed by atoms with Gasteiger partial charge in [-0.05, 0) is 48.0 Å². The van der Waals surface area contributed by atoms with E-state index >= 15 is 0 Å². The van der Waals surface area contributed by atoms with Crippen LogP contribution in [-0.4, -0.2) is 49.1 Å². The second-order valence-electron chi connectivity index (χ2n) is 9.34. The van der Waals surface area contributed by atoms with Gasteiger partial charge in [0.1, 0.15) is 24.1 Å². The molecule has 0 aliphatic heterocycles. The highest BCUT2D eigenvalue weighted by atomic mass is 16.5. The van der Waals surface area contributed by atoms with Crippen LogP contribution in [0.2, 0.25) is 0 Å². The molecule has 214 valence electrons. The van der Waals surface area contributed by atoms with Gasteiger partial charge in [-0.2, -0.15) is 0 Å². The van der Waals surface area contributed by atoms with Gasteiger partial charge in [0.2, 0.25) is 0 Å². The maximum Gasteiger partial charge on any atom is 0.326 e. The summed E-state index contributed by atoms with van der Waals surface area (Å²) in [6, 6.07) is 29.1. The van der Waals surface area contributed by atoms with Crippen LogP contribution in [0.1, 0.15) is 21.5 Å². The average molecular weight is 565 g/mol. The number of anilines is 2. The van der Waals surface area contributed by atoms with Crippen LogP contribution in [0.15, 0.2) is 116 Å². The fraction of sp³-hybridized carbons (Fsp3) is 0.147. The monoisotopic (exact) mass is 564 g/mol. The molecule has 1 unspecified atom stereocenters. The maximum absolute atomic E-state index is 13.1. The quantitative estimate of drug-likeness (QED) is 0.151. The van der Waals surface area contributed by atoms with Crippen molar-refractivity contribution in [2.24, 2.45) is 0 Å². The van der Waals surface area contributed by atoms with E-state index in [0.717, 1.165) is 5.56 Å². The molecule has 1 atom stereocenters. The summed E-state index contributed by atoms with van der Waals surface area (Å²) < 4.78 is 11.3. The molecular formula is C34H32N2O6. The number of hydrogen-bond acceptors (Lipinski definition) is 6. The van der Waals surface area contributed by atoms with E-state index in [4.69, 9.17) is 9.47 Å². The number of carboxylic acids is 1. The number of rotatable bonds is 14. The summed E-state index contributed by atoms with van der Waals surface area (Å²) in [6.45, 7) is 4.07. The highest BCUT2D eigenvalue weighted by molar-refractivity contribution is 6.12. The zero-order chi connectivity index (χ0) is 29.9. The van der Waals surface area contributed by atoms with Gasteiger partial charge in [0.05, 0.1) is 19.3 Å². The van der Waals surface area contributed by atoms with Gasteiger partial charge in [0.15, 0.2) is 5.78 Å². The van der Waals surface area contributed by atoms with Gasteiger partial charge in [-0.1, -0.05) is 73.3 Å². The summed E-state index contributed by atoms with van der Waals surface area (Å²) in [5.41, 5.74) is 2.76. The molecule has 0 radical (unpaired) electrons. The molecule has 8 nitrogen and oxygen atoms in total. The van der Waals surface area contributed by atoms with Crippen molar-refractivity contribution in [2.45, 2.75) is 12.5 Å². The fourth-order valence-corrected chi connectivity index (χ4v) is 4.46. The summed E-state index contributed by atoms with van der Waals surface area (Å²) >= 11 is 0. The molecule has 4 rings (SSSR count). The summed E-state index contributed by atoms with van der Waals surface area (Å²) in [6.07, 6.45) is 1.42. The highest BCUT2D eigenvalue weighted by Crippen LogP contribution is 2.28. The Bertz CT molecular complexity index is 1540. The third-order valence-corrected chi connectivity index (χ3v) is 6.60. The number of para-hydroxylation sites is 3. The van der Waals surface area contributed by atoms with Crippen LogP contribution in [0, 0.1) is 0 Å². The number of ether oxygens (including phenoxy) is 2. The third kappa shape index (κ3) is 7.42. The Morgan fingerprint density at radius 2 is 1.57 bits per heavy atom. The first-order valence-corrected chi connectivity index (χ1v) is 13.4. The van der Waals surface area contributed by atoms with Crippen LogP contribution in [0.5, 0.6) is 11.5 Å². The number of benzene rings is 4. The predicted molar refractivity (Wildman–Crippen MR) is 163 cm³/mol. The number of hydrogen-bond donors (Lipinski definition) is 2. The Morgan fingerprint density at radius 3 is 2.26 bits per heavy atom. The van der Waals surface area contributed by atoms with Crippen LogP contribution in [-0.2, 0) is 16.0 Å². The number of amides is 1. The normalized spacial score (nSPS) is 11.2. The molecule has 42 heavy (non-hydrogen) atoms. The fourth-order valence-electron chi connectivity index (χ4n) is 4.46. The van der Waals surface area contributed by atoms with E-state index in [1.165, 1.54) is 11.0 Å². The lowest BCUT2D eigenvalue weighted by Gasteiger charge is -2.23. The van der Waals surface area contributed by atoms with Crippen molar-refractivity contribution in [3.63, 3.8) is 0 Å². The van der Waals surface area contributed by atoms with Crippen LogP contribution < -0.4 is 19.7 Å². The molecule has 0 bridgehead atoms. The number of carbonyl (C=O) groups excluding carboxylic acids is 2. The lowest BCUT2D eigenvalue weighted by Crippen LogP contribution is -2.33. The van der Waals surface area contributed by atoms with Crippen LogP contribution >= 0.6 is 0 Å². The molecular weight excluding hydrogens is 532 g/mol. The third-order valence-electron chi connectivity index (χ3n) is 6.60. The van der Waals surface area contributed by atoms with Crippen LogP contribution in [0.3, 0.4) is 0 Å². The molecule has 0 spiro atoms. The van der Waals surface area contributed by atoms with Crippen LogP contribution in [0.4, 0.5) is 11.4 Å². The van der Waals surface area contributed by atoms with E-state index < -0.39 is 12.0 Å². The molecule has 1 amide bonds. The standard InChI is InChI=1S/C34H32N2O6/c1-3-32(37)36(30-15-9-10-16-31(30)41-2)21-22-42-26-19-17-24(18-20-26)23-29(34(39)40)35-28-14-8-7-13-27(28)33(38)25-11-5-4-6-12-25/h3-20,29,35H,1,21-23H2,2H3,(H,39,40). The van der Waals surface area contributed by atoms with Gasteiger partial charge in [0.25, 0.3) is 5.91 Å². The Hall–Kier alpha value is -5.37. The van der Waals surface area contributed by atoms with E-state index in [9.17, 15) is 19.5 Å². The second kappa shape index (κ2) is 14.3. The molecule has 8 heteroatoms. The first-order chi connectivity index (χ1) is 20.4. The lowest BCUT2D eigenvalue weighted by molar-refractivity contribution is -0.137. The average Bonchev–Trinajstić information content (AvgIpc) is 3.03. The van der Waals surface area contributed by atoms with Gasteiger partial charge >= 0.3 is 5.97 Å². The molecule has 0 aromatic heterocycles. The van der Waals surface area contributed by atoms with Crippen molar-refractivity contribution < 1.29 is 29.0 Å². The molecule has 0 fully saturated rings. The SMILES string of the molecule is C=CC(=O)N(CCOc1ccc(CC(Nc2ccccc2C(=O)c2ccccc2)C(=O)O)cc1)c1ccccc1OC. The minimum atomic E-state index is -1.04. The Labute approximate surface area is 244 Å². The second-order valence-corrected chi connectivity index (χ2v) is 9.34. The first-order valence-electron chi connectivity index (χ1n) is 13.4. The van der Waals surface area contributed by atoms with Crippen molar-refractivity contribution in [1.29, 1.82) is 0 Å². The predicted octanol–water partition coefficient (Wildman–Crippen LogP) is 5.63. The number of ketones is 1. The van der Waals surface area contributed by atoms with Crippen LogP contribution in [0.25, 0.3) is 0 Å². The summed E-state index contributed by atoms with van der Waals surface area (Å²) in [5.74, 6) is -0.379. The zero-order valence-electron chi connectivity index (χ0n) is 23.2. The maximum atomic E-state index is 13.1. The van der Waals surface area contributed by atoms with E-state index in [0.29, 0.717) is 34.0 Å². The van der Waals surface area contributed by atoms with Gasteiger partial charge < -0.3 is 24.8 Å². The topological polar surface area (TPSA) is 105 Å². The minimum Gasteiger partial charge on any atom is -0.495 e. The van der Waals surface area contributed by atoms with E-state index in [-0.39, 0.29) is 31.3 Å². The van der Waals surface area contributed by atoms with Crippen molar-refractivity contribution >= 4 is 29.0 Å². The molecule has 0 heterocycles. The smallest absolute Gasteiger partial charge is 0.326 e. The number of methoxy groups -OCH3 is 1. The molecule has 4 aromatic carbocycles. The summed E-state index contributed by atoms with van der Waals surface area (Å²) in [4.78, 5) is 39.3. The van der Waals surface area contributed by atoms with E-state index in [1.54, 1.807) is 92.0 Å². The number of carbonyl (C=O) groups is 3. The number of aliphatic carboxylic acids is 1. The summed E-state index contributed by atoms with van der Waals surface area (Å²) in [5, 5.41) is 13.0. The lowest BCUT2D eigenvalue weighted by atomic mass is 10.00. The van der Waals surface area contributed by atoms with Crippen molar-refractivity contribution in [3.8, 4) is 11.5 Å². The molecule has 4 aromatic rings. The summed E-state index contributed by atoms with van der Waals surface area (Å²) in [7, 11) is 1.54. The highest BCUT2D eigenvalue weighted by Gasteiger charge is 2.22. The van der Waals surface area contributed by atoms with E-state index in [1.807, 2.05) is 18.2 Å². The number of nitrogens with zero attached hydrogens (tertiary/aromatic N) is 1. The van der Waals surface area contributed by atoms with Gasteiger partial charge in [0, 0.05) is 23.2 Å². The van der Waals surface area contributed by atoms with Gasteiger partial charge in [-0.3, -0.25) is 9.59 Å². The van der Waals surface area contributed by atoms with Crippen molar-refractivity contribution in [2.75, 3.05) is 30.5 Å². The molecule has 0 aliphatic rings. The molecule has 0 aliphatic carbocycles. The number of nitrogens with one attached hydrogen (secondary N) is 1. The molecule has 0 saturated carbocycles. The Morgan fingerprint density at radius 1 is 0.905 bits per heavy atom. The molecule has 0 saturated heterocycles. The minimum absolute atomic E-state index is 0.179. The van der Waals surface area contributed by atoms with E-state index in [2.05, 4.69) is 11.9 Å². The van der Waals surface area contributed by atoms with Crippen molar-refractivity contribution in [1.82, 2.24) is 0 Å². The van der Waals surface area contributed by atoms with Gasteiger partial charge in [-0.25, -0.2) is 4.79 Å². The first kappa shape index (κ1) is 29.6. The molecule has 2 N–H and O–H groups in total. The Balaban J connectivity index is 1.40. The van der Waals surface area contributed by atoms with Gasteiger partial charge in [-0.15, -0.1) is 0 Å².